The molecule has 94 heavy (non-hydrogen) atoms. The molecule has 6 heterocycles. The molecule has 0 atom stereocenters. The number of aryl methyl sites for hydroxylation is 3. The summed E-state index contributed by atoms with van der Waals surface area (Å²) >= 11 is 0. The van der Waals surface area contributed by atoms with Gasteiger partial charge in [0.15, 0.2) is 5.69 Å². The fourth-order valence-electron chi connectivity index (χ4n) is 9.42. The zero-order valence-electron chi connectivity index (χ0n) is 54.5. The molecule has 6 aromatic heterocycles. The van der Waals surface area contributed by atoms with Crippen LogP contribution in [0.25, 0.3) is 67.9 Å². The van der Waals surface area contributed by atoms with Gasteiger partial charge in [0.25, 0.3) is 0 Å². The van der Waals surface area contributed by atoms with E-state index in [2.05, 4.69) is 88.8 Å². The Balaban J connectivity index is 0.000000222. The minimum absolute atomic E-state index is 0. The average molecular weight is 1360 g/mol. The fourth-order valence-corrected chi connectivity index (χ4v) is 11.7. The first-order valence-electron chi connectivity index (χ1n) is 30.1. The van der Waals surface area contributed by atoms with E-state index in [9.17, 15) is 49.7 Å². The van der Waals surface area contributed by atoms with Gasteiger partial charge < -0.3 is 29.0 Å². The smallest absolute Gasteiger partial charge is 0.435 e. The number of ether oxygens (including phenoxy) is 3. The summed E-state index contributed by atoms with van der Waals surface area (Å²) in [5, 5.41) is 18.8. The first-order chi connectivity index (χ1) is 43.4. The molecule has 0 unspecified atom stereocenters. The third-order valence-corrected chi connectivity index (χ3v) is 19.8. The minimum Gasteiger partial charge on any atom is -0.508 e. The lowest BCUT2D eigenvalue weighted by Crippen LogP contribution is -2.23. The zero-order chi connectivity index (χ0) is 68.4. The van der Waals surface area contributed by atoms with Crippen molar-refractivity contribution in [1.29, 1.82) is 0 Å². The van der Waals surface area contributed by atoms with Crippen LogP contribution in [-0.4, -0.2) is 97.9 Å². The number of pyridine rings is 3. The number of hydrogen-bond acceptors (Lipinski definition) is 11. The van der Waals surface area contributed by atoms with Crippen LogP contribution >= 0.6 is 0 Å². The second-order valence-corrected chi connectivity index (χ2v) is 43.0. The summed E-state index contributed by atoms with van der Waals surface area (Å²) in [4.78, 5) is 25.5. The Bertz CT molecular complexity index is 3590. The SMILES string of the molecule is C.Cc1c(C(F)(F)F)nc(-c2ccc(-c3ccc(O)cc3)nc2)n1COCC[Si](C)(C)C.Cc1ccc(-c2ccc(-c3nc(C)c(C(F)(F)F)n3COCC[Si](C)(C)C)cn2)cc1.Cc1nc(-c2ccc(-c3ccc(O)cc3)nc2)n(COCC[Si](C)(C)C)c1C(F)(F)F. The maximum Gasteiger partial charge on any atom is 0.435 e. The van der Waals surface area contributed by atoms with Gasteiger partial charge in [0, 0.05) is 102 Å². The molecular weight excluding hydrogens is 1280 g/mol. The predicted molar refractivity (Wildman–Crippen MR) is 359 cm³/mol. The van der Waals surface area contributed by atoms with Crippen molar-refractivity contribution < 1.29 is 63.9 Å². The van der Waals surface area contributed by atoms with Crippen LogP contribution in [0.1, 0.15) is 47.2 Å². The molecular formula is C68H84F9N9O5Si3. The highest BCUT2D eigenvalue weighted by molar-refractivity contribution is 6.76. The number of imidazole rings is 3. The van der Waals surface area contributed by atoms with E-state index in [1.807, 2.05) is 31.2 Å². The molecule has 0 aliphatic carbocycles. The van der Waals surface area contributed by atoms with Crippen LogP contribution in [0.4, 0.5) is 39.5 Å². The number of halogens is 9. The molecule has 0 saturated carbocycles. The number of rotatable bonds is 21. The van der Waals surface area contributed by atoms with E-state index >= 15 is 0 Å². The molecule has 0 spiro atoms. The standard InChI is InChI=1S/C23H28F3N3OSi.2C22H26F3N3O2Si.CH4/c1-16-6-8-18(9-7-16)20-11-10-19(14-27-20)22-28-17(2)21(23(24,25)26)29(22)15-30-12-13-31(3,4)5;1-15-20(22(23,24)25)27-21(28(15)14-30-11-12-31(2,3)4)17-7-10-19(26-13-17)16-5-8-18(29)9-6-16;1-15-20(22(23,24)25)28(14-30-11-12-31(2,3)4)21(27-15)17-7-10-19(26-13-17)16-5-8-18(29)9-6-16;/h6-11,14H,12-13,15H2,1-5H3;2*5-10,13,29H,11-12,14H2,1-4H3;1H4. The Morgan fingerprint density at radius 3 is 0.947 bits per heavy atom. The largest absolute Gasteiger partial charge is 0.508 e. The van der Waals surface area contributed by atoms with Gasteiger partial charge in [0.2, 0.25) is 0 Å². The monoisotopic (exact) mass is 1360 g/mol. The fraction of sp³-hybridized carbons (Fsp3) is 0.382. The summed E-state index contributed by atoms with van der Waals surface area (Å²) < 4.78 is 143. The Morgan fingerprint density at radius 1 is 0.383 bits per heavy atom. The Morgan fingerprint density at radius 2 is 0.670 bits per heavy atom. The number of phenols is 2. The number of hydrogen-bond donors (Lipinski definition) is 2. The van der Waals surface area contributed by atoms with Gasteiger partial charge in [0.05, 0.1) is 28.5 Å². The van der Waals surface area contributed by atoms with Crippen LogP contribution in [0.5, 0.6) is 11.5 Å². The van der Waals surface area contributed by atoms with Crippen LogP contribution in [0.3, 0.4) is 0 Å². The number of aromatic hydroxyl groups is 2. The lowest BCUT2D eigenvalue weighted by Gasteiger charge is -2.18. The number of nitrogens with zero attached hydrogens (tertiary/aromatic N) is 9. The molecule has 14 nitrogen and oxygen atoms in total. The van der Waals surface area contributed by atoms with E-state index in [4.69, 9.17) is 14.2 Å². The molecule has 9 aromatic rings. The van der Waals surface area contributed by atoms with Crippen LogP contribution in [0, 0.1) is 27.7 Å². The quantitative estimate of drug-likeness (QED) is 0.0400. The molecule has 0 radical (unpaired) electrons. The summed E-state index contributed by atoms with van der Waals surface area (Å²) in [6.07, 6.45) is -9.05. The van der Waals surface area contributed by atoms with Crippen molar-refractivity contribution >= 4 is 24.2 Å². The van der Waals surface area contributed by atoms with Crippen molar-refractivity contribution in [1.82, 2.24) is 43.6 Å². The summed E-state index contributed by atoms with van der Waals surface area (Å²) in [6, 6.07) is 34.0. The number of phenolic OH excluding ortho intramolecular Hbond substituents is 2. The second kappa shape index (κ2) is 31.2. The molecule has 0 saturated heterocycles. The number of alkyl halides is 9. The van der Waals surface area contributed by atoms with Gasteiger partial charge in [-0.15, -0.1) is 0 Å². The molecule has 0 aliphatic rings. The summed E-state index contributed by atoms with van der Waals surface area (Å²) in [5.74, 6) is 0.837. The molecule has 9 rings (SSSR count). The summed E-state index contributed by atoms with van der Waals surface area (Å²) in [7, 11) is -4.01. The summed E-state index contributed by atoms with van der Waals surface area (Å²) in [5.41, 5.74) is 4.49. The van der Waals surface area contributed by atoms with E-state index in [-0.39, 0.29) is 73.7 Å². The van der Waals surface area contributed by atoms with Crippen molar-refractivity contribution in [3.8, 4) is 79.4 Å². The van der Waals surface area contributed by atoms with E-state index in [0.29, 0.717) is 47.9 Å². The Hall–Kier alpha value is -7.76. The minimum atomic E-state index is -4.55. The van der Waals surface area contributed by atoms with Crippen LogP contribution < -0.4 is 0 Å². The summed E-state index contributed by atoms with van der Waals surface area (Å²) in [6.45, 7) is 26.8. The number of aromatic nitrogens is 9. The topological polar surface area (TPSA) is 160 Å². The van der Waals surface area contributed by atoms with Crippen LogP contribution in [0.2, 0.25) is 77.1 Å². The number of benzene rings is 3. The Kier molecular flexibility index (Phi) is 25.0. The third kappa shape index (κ3) is 21.1. The molecule has 2 N–H and O–H groups in total. The van der Waals surface area contributed by atoms with E-state index in [0.717, 1.165) is 55.2 Å². The zero-order valence-corrected chi connectivity index (χ0v) is 57.5. The van der Waals surface area contributed by atoms with Gasteiger partial charge in [-0.2, -0.15) is 39.5 Å². The van der Waals surface area contributed by atoms with E-state index in [1.165, 1.54) is 37.7 Å². The van der Waals surface area contributed by atoms with Crippen molar-refractivity contribution in [3.63, 3.8) is 0 Å². The third-order valence-electron chi connectivity index (χ3n) is 14.7. The first-order valence-corrected chi connectivity index (χ1v) is 41.2. The van der Waals surface area contributed by atoms with Crippen LogP contribution in [-0.2, 0) is 52.9 Å². The van der Waals surface area contributed by atoms with Crippen LogP contribution in [0.15, 0.2) is 128 Å². The molecule has 0 amide bonds. The van der Waals surface area contributed by atoms with Gasteiger partial charge in [-0.05, 0) is 131 Å². The second-order valence-electron chi connectivity index (χ2n) is 26.2. The Labute approximate surface area is 547 Å². The molecule has 506 valence electrons. The maximum atomic E-state index is 13.7. The van der Waals surface area contributed by atoms with Gasteiger partial charge in [-0.25, -0.2) is 15.0 Å². The highest BCUT2D eigenvalue weighted by Gasteiger charge is 2.41. The van der Waals surface area contributed by atoms with Gasteiger partial charge in [0.1, 0.15) is 60.6 Å². The van der Waals surface area contributed by atoms with Crippen molar-refractivity contribution in [2.45, 2.75) is 151 Å². The van der Waals surface area contributed by atoms with Gasteiger partial charge >= 0.3 is 18.5 Å². The highest BCUT2D eigenvalue weighted by atomic mass is 28.3. The maximum absolute atomic E-state index is 13.7. The highest BCUT2D eigenvalue weighted by Crippen LogP contribution is 2.39. The van der Waals surface area contributed by atoms with Crippen molar-refractivity contribution in [2.75, 3.05) is 19.8 Å². The first kappa shape index (κ1) is 75.3. The molecule has 0 aliphatic heterocycles. The van der Waals surface area contributed by atoms with Crippen molar-refractivity contribution in [3.05, 3.63) is 168 Å². The van der Waals surface area contributed by atoms with E-state index in [1.54, 1.807) is 91.1 Å². The van der Waals surface area contributed by atoms with E-state index < -0.39 is 59.8 Å². The lowest BCUT2D eigenvalue weighted by molar-refractivity contribution is -0.147. The predicted octanol–water partition coefficient (Wildman–Crippen LogP) is 19.1. The lowest BCUT2D eigenvalue weighted by atomic mass is 10.1. The normalized spacial score (nSPS) is 12.2. The van der Waals surface area contributed by atoms with Gasteiger partial charge in [-0.3, -0.25) is 24.1 Å². The van der Waals surface area contributed by atoms with Crippen molar-refractivity contribution in [2.24, 2.45) is 0 Å². The van der Waals surface area contributed by atoms with Gasteiger partial charge in [-0.1, -0.05) is 96.2 Å². The molecule has 3 aromatic carbocycles. The molecule has 0 fully saturated rings. The average Bonchev–Trinajstić information content (AvgIpc) is 1.64. The molecule has 0 bridgehead atoms. The molecule has 26 heteroatoms.